The Labute approximate surface area is 198 Å². The second-order valence-electron chi connectivity index (χ2n) is 8.77. The molecule has 6 nitrogen and oxygen atoms in total. The van der Waals surface area contributed by atoms with Crippen LogP contribution >= 0.6 is 0 Å². The van der Waals surface area contributed by atoms with Crippen LogP contribution in [0.5, 0.6) is 0 Å². The third-order valence-electron chi connectivity index (χ3n) is 6.41. The topological polar surface area (TPSA) is 70.1 Å². The van der Waals surface area contributed by atoms with E-state index in [0.29, 0.717) is 19.6 Å². The van der Waals surface area contributed by atoms with Crippen molar-refractivity contribution in [3.8, 4) is 0 Å². The Balaban J connectivity index is 1.30. The van der Waals surface area contributed by atoms with Crippen LogP contribution in [0.4, 0.5) is 13.2 Å². The fourth-order valence-electron chi connectivity index (χ4n) is 4.68. The monoisotopic (exact) mass is 498 g/mol. The highest BCUT2D eigenvalue weighted by molar-refractivity contribution is 7.89. The minimum atomic E-state index is -4.76. The Bertz CT molecular complexity index is 1090. The van der Waals surface area contributed by atoms with Crippen molar-refractivity contribution >= 4 is 10.0 Å². The highest BCUT2D eigenvalue weighted by Gasteiger charge is 2.39. The van der Waals surface area contributed by atoms with Crippen LogP contribution in [0.1, 0.15) is 35.6 Å². The largest absolute Gasteiger partial charge is 0.417 e. The lowest BCUT2D eigenvalue weighted by Gasteiger charge is -2.35. The van der Waals surface area contributed by atoms with Crippen molar-refractivity contribution in [3.05, 3.63) is 65.2 Å². The number of rotatable bonds is 7. The lowest BCUT2D eigenvalue weighted by atomic mass is 9.89. The summed E-state index contributed by atoms with van der Waals surface area (Å²) in [6.07, 6.45) is -2.59. The van der Waals surface area contributed by atoms with Gasteiger partial charge in [-0.25, -0.2) is 8.42 Å². The molecule has 186 valence electrons. The number of hydrogen-bond acceptors (Lipinski definition) is 5. The Morgan fingerprint density at radius 1 is 1.03 bits per heavy atom. The van der Waals surface area contributed by atoms with E-state index in [2.05, 4.69) is 12.1 Å². The fraction of sp³-hybridized carbons (Fsp3) is 0.500. The number of piperazine rings is 1. The van der Waals surface area contributed by atoms with Crippen molar-refractivity contribution < 1.29 is 31.4 Å². The van der Waals surface area contributed by atoms with Crippen LogP contribution in [0.3, 0.4) is 0 Å². The Hall–Kier alpha value is -1.98. The summed E-state index contributed by atoms with van der Waals surface area (Å²) in [6.45, 7) is 1.21. The molecule has 2 aromatic rings. The van der Waals surface area contributed by atoms with Crippen molar-refractivity contribution in [1.82, 2.24) is 9.21 Å². The Morgan fingerprint density at radius 3 is 2.44 bits per heavy atom. The predicted octanol–water partition coefficient (Wildman–Crippen LogP) is 3.47. The van der Waals surface area contributed by atoms with Gasteiger partial charge in [0, 0.05) is 32.7 Å². The molecular weight excluding hydrogens is 469 g/mol. The minimum absolute atomic E-state index is 0.0460. The summed E-state index contributed by atoms with van der Waals surface area (Å²) in [5, 5.41) is 10.5. The SMILES string of the molecule is O=S(=O)(c1ccccc1C(F)(F)F)N1CCN(C[C@H](O)CO[C@@H]2CCCc3ccccc32)CC1. The zero-order chi connectivity index (χ0) is 24.3. The third-order valence-corrected chi connectivity index (χ3v) is 8.37. The van der Waals surface area contributed by atoms with Crippen LogP contribution in [0.25, 0.3) is 0 Å². The lowest BCUT2D eigenvalue weighted by molar-refractivity contribution is -0.139. The zero-order valence-corrected chi connectivity index (χ0v) is 19.6. The number of aryl methyl sites for hydroxylation is 1. The van der Waals surface area contributed by atoms with E-state index in [1.165, 1.54) is 23.3 Å². The van der Waals surface area contributed by atoms with Gasteiger partial charge in [0.05, 0.1) is 29.3 Å². The standard InChI is InChI=1S/C24H29F3N2O4S/c25-24(26,27)21-9-3-4-11-23(21)34(31,32)29-14-12-28(13-15-29)16-19(30)17-33-22-10-5-7-18-6-1-2-8-20(18)22/h1-4,6,8-9,11,19,22,30H,5,7,10,12-17H2/t19-,22+/m0/s1. The van der Waals surface area contributed by atoms with Gasteiger partial charge in [0.2, 0.25) is 10.0 Å². The van der Waals surface area contributed by atoms with E-state index >= 15 is 0 Å². The number of ether oxygens (including phenoxy) is 1. The van der Waals surface area contributed by atoms with Gasteiger partial charge in [0.25, 0.3) is 0 Å². The molecule has 2 aliphatic rings. The summed E-state index contributed by atoms with van der Waals surface area (Å²) >= 11 is 0. The highest BCUT2D eigenvalue weighted by atomic mass is 32.2. The number of β-amino-alcohol motifs (C(OH)–C–C–N with tert-alkyl or cyclic N) is 1. The second-order valence-corrected chi connectivity index (χ2v) is 10.7. The van der Waals surface area contributed by atoms with Crippen LogP contribution in [0, 0.1) is 0 Å². The number of alkyl halides is 3. The maximum atomic E-state index is 13.3. The second kappa shape index (κ2) is 10.3. The molecule has 1 saturated heterocycles. The predicted molar refractivity (Wildman–Crippen MR) is 121 cm³/mol. The van der Waals surface area contributed by atoms with Crippen LogP contribution < -0.4 is 0 Å². The first kappa shape index (κ1) is 25.1. The molecule has 0 aromatic heterocycles. The summed E-state index contributed by atoms with van der Waals surface area (Å²) in [5.74, 6) is 0. The van der Waals surface area contributed by atoms with E-state index in [0.717, 1.165) is 35.7 Å². The molecule has 34 heavy (non-hydrogen) atoms. The molecule has 0 unspecified atom stereocenters. The average molecular weight is 499 g/mol. The number of nitrogens with zero attached hydrogens (tertiary/aromatic N) is 2. The first-order chi connectivity index (χ1) is 16.2. The minimum Gasteiger partial charge on any atom is -0.389 e. The molecule has 0 spiro atoms. The van der Waals surface area contributed by atoms with Crippen molar-refractivity contribution in [2.24, 2.45) is 0 Å². The first-order valence-electron chi connectivity index (χ1n) is 11.4. The number of halogens is 3. The molecule has 10 heteroatoms. The lowest BCUT2D eigenvalue weighted by Crippen LogP contribution is -2.50. The molecule has 4 rings (SSSR count). The number of hydrogen-bond donors (Lipinski definition) is 1. The summed E-state index contributed by atoms with van der Waals surface area (Å²) in [4.78, 5) is 1.18. The Kier molecular flexibility index (Phi) is 7.63. The molecule has 1 aliphatic heterocycles. The van der Waals surface area contributed by atoms with Crippen LogP contribution in [-0.4, -0.2) is 68.2 Å². The molecule has 2 aromatic carbocycles. The van der Waals surface area contributed by atoms with E-state index in [4.69, 9.17) is 4.74 Å². The first-order valence-corrected chi connectivity index (χ1v) is 12.9. The smallest absolute Gasteiger partial charge is 0.389 e. The van der Waals surface area contributed by atoms with E-state index in [-0.39, 0.29) is 25.8 Å². The van der Waals surface area contributed by atoms with Gasteiger partial charge in [-0.3, -0.25) is 4.90 Å². The van der Waals surface area contributed by atoms with Crippen LogP contribution in [0.2, 0.25) is 0 Å². The van der Waals surface area contributed by atoms with Crippen LogP contribution in [0.15, 0.2) is 53.4 Å². The van der Waals surface area contributed by atoms with Gasteiger partial charge >= 0.3 is 6.18 Å². The maximum absolute atomic E-state index is 13.3. The molecule has 0 bridgehead atoms. The molecule has 1 heterocycles. The van der Waals surface area contributed by atoms with E-state index in [1.54, 1.807) is 0 Å². The maximum Gasteiger partial charge on any atom is 0.417 e. The van der Waals surface area contributed by atoms with Crippen LogP contribution in [-0.2, 0) is 27.4 Å². The molecule has 1 N–H and O–H groups in total. The van der Waals surface area contributed by atoms with Gasteiger partial charge in [0.15, 0.2) is 0 Å². The van der Waals surface area contributed by atoms with Gasteiger partial charge in [-0.1, -0.05) is 36.4 Å². The summed E-state index contributed by atoms with van der Waals surface area (Å²) in [5.41, 5.74) is 1.28. The molecule has 1 fully saturated rings. The third kappa shape index (κ3) is 5.63. The number of benzene rings is 2. The number of sulfonamides is 1. The van der Waals surface area contributed by atoms with Gasteiger partial charge in [0.1, 0.15) is 0 Å². The van der Waals surface area contributed by atoms with Gasteiger partial charge in [-0.15, -0.1) is 0 Å². The van der Waals surface area contributed by atoms with Gasteiger partial charge in [-0.05, 0) is 42.5 Å². The number of fused-ring (bicyclic) bond motifs is 1. The van der Waals surface area contributed by atoms with Gasteiger partial charge in [-0.2, -0.15) is 17.5 Å². The van der Waals surface area contributed by atoms with E-state index in [9.17, 15) is 26.7 Å². The molecule has 0 amide bonds. The number of aliphatic hydroxyl groups is 1. The quantitative estimate of drug-likeness (QED) is 0.633. The molecule has 2 atom stereocenters. The van der Waals surface area contributed by atoms with Gasteiger partial charge < -0.3 is 9.84 Å². The molecule has 0 radical (unpaired) electrons. The fourth-order valence-corrected chi connectivity index (χ4v) is 6.31. The van der Waals surface area contributed by atoms with E-state index < -0.39 is 32.8 Å². The normalized spacial score (nSPS) is 21.2. The number of aliphatic hydroxyl groups excluding tert-OH is 1. The highest BCUT2D eigenvalue weighted by Crippen LogP contribution is 2.35. The summed E-state index contributed by atoms with van der Waals surface area (Å²) < 4.78 is 72.8. The molecular formula is C24H29F3N2O4S. The van der Waals surface area contributed by atoms with Crippen molar-refractivity contribution in [3.63, 3.8) is 0 Å². The van der Waals surface area contributed by atoms with Crippen molar-refractivity contribution in [2.75, 3.05) is 39.3 Å². The van der Waals surface area contributed by atoms with E-state index in [1.807, 2.05) is 17.0 Å². The average Bonchev–Trinajstić information content (AvgIpc) is 2.82. The van der Waals surface area contributed by atoms with Crippen molar-refractivity contribution in [1.29, 1.82) is 0 Å². The molecule has 0 saturated carbocycles. The summed E-state index contributed by atoms with van der Waals surface area (Å²) in [7, 11) is -4.28. The molecule has 1 aliphatic carbocycles. The van der Waals surface area contributed by atoms with Crippen molar-refractivity contribution in [2.45, 2.75) is 42.5 Å². The Morgan fingerprint density at radius 2 is 1.71 bits per heavy atom. The zero-order valence-electron chi connectivity index (χ0n) is 18.7. The summed E-state index contributed by atoms with van der Waals surface area (Å²) in [6, 6.07) is 12.4.